The van der Waals surface area contributed by atoms with Crippen LogP contribution in [0.25, 0.3) is 28.3 Å². The van der Waals surface area contributed by atoms with Crippen molar-refractivity contribution in [2.24, 2.45) is 0 Å². The second-order valence-corrected chi connectivity index (χ2v) is 9.06. The second kappa shape index (κ2) is 12.1. The van der Waals surface area contributed by atoms with Crippen molar-refractivity contribution < 1.29 is 18.1 Å². The monoisotopic (exact) mass is 514 g/mol. The summed E-state index contributed by atoms with van der Waals surface area (Å²) in [6.07, 6.45) is 3.87. The summed E-state index contributed by atoms with van der Waals surface area (Å²) in [5.74, 6) is -0.556. The lowest BCUT2D eigenvalue weighted by atomic mass is 9.98. The molecule has 0 saturated heterocycles. The molecule has 2 aromatic carbocycles. The minimum absolute atomic E-state index is 0.158. The van der Waals surface area contributed by atoms with E-state index in [0.29, 0.717) is 30.7 Å². The highest BCUT2D eigenvalue weighted by Gasteiger charge is 2.27. The van der Waals surface area contributed by atoms with Gasteiger partial charge in [-0.05, 0) is 59.1 Å². The molecular weight excluding hydrogens is 481 g/mol. The van der Waals surface area contributed by atoms with Gasteiger partial charge in [0.25, 0.3) is 0 Å². The average Bonchev–Trinajstić information content (AvgIpc) is 3.51. The Hall–Kier alpha value is -3.87. The number of benzene rings is 2. The van der Waals surface area contributed by atoms with Gasteiger partial charge in [0.15, 0.2) is 0 Å². The van der Waals surface area contributed by atoms with Crippen LogP contribution in [-0.4, -0.2) is 23.2 Å². The maximum atomic E-state index is 13.7. The van der Waals surface area contributed by atoms with Gasteiger partial charge in [0.05, 0.1) is 11.4 Å². The number of aromatic nitrogens is 2. The molecule has 4 aromatic rings. The van der Waals surface area contributed by atoms with Gasteiger partial charge in [-0.1, -0.05) is 88.4 Å². The van der Waals surface area contributed by atoms with Crippen molar-refractivity contribution in [1.82, 2.24) is 9.97 Å². The molecule has 2 aromatic heterocycles. The Morgan fingerprint density at radius 1 is 0.711 bits per heavy atom. The van der Waals surface area contributed by atoms with Crippen LogP contribution in [0.5, 0.6) is 0 Å². The van der Waals surface area contributed by atoms with E-state index in [9.17, 15) is 13.4 Å². The van der Waals surface area contributed by atoms with Gasteiger partial charge in [0.2, 0.25) is 5.78 Å². The molecule has 2 heterocycles. The number of carbonyl (C=O) groups is 1. The van der Waals surface area contributed by atoms with Gasteiger partial charge in [0, 0.05) is 17.5 Å². The number of hydrogen-bond acceptors (Lipinski definition) is 2. The normalized spacial score (nSPS) is 11.6. The van der Waals surface area contributed by atoms with E-state index in [0.717, 1.165) is 51.2 Å². The van der Waals surface area contributed by atoms with Crippen LogP contribution in [0.4, 0.5) is 8.63 Å². The molecule has 0 radical (unpaired) electrons. The van der Waals surface area contributed by atoms with E-state index in [1.54, 1.807) is 0 Å². The minimum atomic E-state index is -3.08. The van der Waals surface area contributed by atoms with Crippen LogP contribution < -0.4 is 0 Å². The van der Waals surface area contributed by atoms with E-state index < -0.39 is 13.3 Å². The molecule has 2 N–H and O–H groups in total. The number of nitrogens with one attached hydrogen (secondary N) is 2. The van der Waals surface area contributed by atoms with Gasteiger partial charge in [-0.15, -0.1) is 0 Å². The summed E-state index contributed by atoms with van der Waals surface area (Å²) in [5.41, 5.74) is 8.33. The molecule has 196 valence electrons. The van der Waals surface area contributed by atoms with Crippen molar-refractivity contribution in [3.8, 4) is 22.5 Å². The molecule has 0 aliphatic rings. The molecule has 0 fully saturated rings. The van der Waals surface area contributed by atoms with E-state index in [-0.39, 0.29) is 5.76 Å². The predicted octanol–water partition coefficient (Wildman–Crippen LogP) is 8.09. The zero-order valence-corrected chi connectivity index (χ0v) is 22.3. The lowest BCUT2D eigenvalue weighted by molar-refractivity contribution is 0.104. The fourth-order valence-electron chi connectivity index (χ4n) is 5.29. The third-order valence-electron chi connectivity index (χ3n) is 6.95. The Morgan fingerprint density at radius 2 is 1.13 bits per heavy atom. The van der Waals surface area contributed by atoms with E-state index in [1.807, 2.05) is 88.4 Å². The van der Waals surface area contributed by atoms with Gasteiger partial charge in [-0.3, -0.25) is 4.79 Å². The van der Waals surface area contributed by atoms with Crippen LogP contribution >= 0.6 is 0 Å². The third kappa shape index (κ3) is 5.37. The zero-order chi connectivity index (χ0) is 27.2. The van der Waals surface area contributed by atoms with Crippen molar-refractivity contribution in [3.63, 3.8) is 0 Å². The molecule has 4 nitrogen and oxygen atoms in total. The average molecular weight is 514 g/mol. The molecule has 0 spiro atoms. The van der Waals surface area contributed by atoms with Gasteiger partial charge in [-0.2, -0.15) is 0 Å². The minimum Gasteiger partial charge on any atom is -0.503 e. The number of allylic oxidation sites excluding steroid dienone is 1. The van der Waals surface area contributed by atoms with E-state index in [4.69, 9.17) is 4.65 Å². The summed E-state index contributed by atoms with van der Waals surface area (Å²) in [6, 6.07) is 19.6. The first-order chi connectivity index (χ1) is 18.4. The largest absolute Gasteiger partial charge is 0.796 e. The lowest BCUT2D eigenvalue weighted by Gasteiger charge is -2.10. The Balaban J connectivity index is 1.86. The van der Waals surface area contributed by atoms with Crippen molar-refractivity contribution in [2.45, 2.75) is 53.4 Å². The summed E-state index contributed by atoms with van der Waals surface area (Å²) in [6.45, 7) is 8.05. The second-order valence-electron chi connectivity index (χ2n) is 9.06. The molecule has 4 rings (SSSR count). The summed E-state index contributed by atoms with van der Waals surface area (Å²) in [5, 5.41) is 0. The lowest BCUT2D eigenvalue weighted by Crippen LogP contribution is -2.09. The Bertz CT molecular complexity index is 1420. The Morgan fingerprint density at radius 3 is 1.55 bits per heavy atom. The fourth-order valence-corrected chi connectivity index (χ4v) is 5.29. The van der Waals surface area contributed by atoms with Gasteiger partial charge < -0.3 is 14.6 Å². The number of H-pyrrole nitrogens is 2. The van der Waals surface area contributed by atoms with Crippen LogP contribution in [-0.2, 0) is 30.3 Å². The molecular formula is C31H33BF2N2O2. The Kier molecular flexibility index (Phi) is 8.67. The van der Waals surface area contributed by atoms with Crippen LogP contribution in [0.2, 0.25) is 0 Å². The van der Waals surface area contributed by atoms with Crippen LogP contribution in [0, 0.1) is 0 Å². The number of ketones is 1. The predicted molar refractivity (Wildman–Crippen MR) is 151 cm³/mol. The van der Waals surface area contributed by atoms with Gasteiger partial charge >= 0.3 is 7.47 Å². The summed E-state index contributed by atoms with van der Waals surface area (Å²) < 4.78 is 32.3. The van der Waals surface area contributed by atoms with E-state index in [2.05, 4.69) is 9.97 Å². The molecule has 0 bridgehead atoms. The topological polar surface area (TPSA) is 57.9 Å². The summed E-state index contributed by atoms with van der Waals surface area (Å²) in [4.78, 5) is 20.3. The maximum Gasteiger partial charge on any atom is 0.796 e. The van der Waals surface area contributed by atoms with Crippen molar-refractivity contribution in [1.29, 1.82) is 0 Å². The summed E-state index contributed by atoms with van der Waals surface area (Å²) >= 11 is 0. The van der Waals surface area contributed by atoms with E-state index in [1.165, 1.54) is 6.08 Å². The first-order valence-corrected chi connectivity index (χ1v) is 13.2. The van der Waals surface area contributed by atoms with Crippen LogP contribution in [0.15, 0.2) is 66.7 Å². The molecule has 38 heavy (non-hydrogen) atoms. The number of rotatable bonds is 11. The molecule has 0 unspecified atom stereocenters. The molecule has 0 atom stereocenters. The Labute approximate surface area is 223 Å². The molecule has 7 heteroatoms. The molecule has 0 aliphatic heterocycles. The molecule has 0 amide bonds. The summed E-state index contributed by atoms with van der Waals surface area (Å²) in [7, 11) is -3.08. The highest BCUT2D eigenvalue weighted by atomic mass is 19.2. The maximum absolute atomic E-state index is 13.7. The van der Waals surface area contributed by atoms with Crippen LogP contribution in [0.3, 0.4) is 0 Å². The van der Waals surface area contributed by atoms with E-state index >= 15 is 0 Å². The standard InChI is InChI=1S/C31H33BF2N2O2/c1-5-22-24(7-3)30(35-28(22)20-15-11-9-12-16-20)26(37)19-27(38-32(33)34)31-25(8-4)23(6-2)29(36-31)21-17-13-10-14-18-21/h9-19,35-36H,5-8H2,1-4H3/b27-19-. The van der Waals surface area contributed by atoms with Crippen molar-refractivity contribution in [3.05, 3.63) is 100 Å². The molecule has 0 saturated carbocycles. The fraction of sp³-hybridized carbons (Fsp3) is 0.258. The molecule has 0 aliphatic carbocycles. The highest BCUT2D eigenvalue weighted by molar-refractivity contribution is 6.36. The quantitative estimate of drug-likeness (QED) is 0.0920. The highest BCUT2D eigenvalue weighted by Crippen LogP contribution is 2.35. The SMILES string of the molecule is CCc1c(C(=O)/C=C(\OB(F)F)c2[nH]c(-c3ccccc3)c(CC)c2CC)[nH]c(-c2ccccc2)c1CC. The number of carbonyl (C=O) groups excluding carboxylic acids is 1. The van der Waals surface area contributed by atoms with Crippen molar-refractivity contribution in [2.75, 3.05) is 0 Å². The number of hydrogen-bond donors (Lipinski definition) is 2. The third-order valence-corrected chi connectivity index (χ3v) is 6.95. The first-order valence-electron chi connectivity index (χ1n) is 13.2. The van der Waals surface area contributed by atoms with Gasteiger partial charge in [-0.25, -0.2) is 8.63 Å². The van der Waals surface area contributed by atoms with Crippen molar-refractivity contribution >= 4 is 19.0 Å². The zero-order valence-electron chi connectivity index (χ0n) is 22.3. The van der Waals surface area contributed by atoms with Crippen LogP contribution in [0.1, 0.15) is 66.1 Å². The number of halogens is 2. The van der Waals surface area contributed by atoms with Gasteiger partial charge in [0.1, 0.15) is 5.76 Å². The first kappa shape index (κ1) is 27.2. The smallest absolute Gasteiger partial charge is 0.503 e. The number of aromatic amines is 2.